The van der Waals surface area contributed by atoms with Crippen LogP contribution in [0.3, 0.4) is 0 Å². The summed E-state index contributed by atoms with van der Waals surface area (Å²) in [6, 6.07) is 12.0. The molecule has 0 aliphatic heterocycles. The average Bonchev–Trinajstić information content (AvgIpc) is 3.13. The lowest BCUT2D eigenvalue weighted by Gasteiger charge is -2.12. The van der Waals surface area contributed by atoms with E-state index in [9.17, 15) is 9.90 Å². The molecule has 3 rings (SSSR count). The number of methoxy groups -OCH3 is 3. The smallest absolute Gasteiger partial charge is 0.298 e. The molecule has 9 nitrogen and oxygen atoms in total. The van der Waals surface area contributed by atoms with Crippen molar-refractivity contribution in [1.82, 2.24) is 5.27 Å². The maximum absolute atomic E-state index is 12.7. The molecule has 10 heteroatoms. The van der Waals surface area contributed by atoms with E-state index in [0.29, 0.717) is 28.6 Å². The van der Waals surface area contributed by atoms with Crippen LogP contribution in [0.25, 0.3) is 5.69 Å². The summed E-state index contributed by atoms with van der Waals surface area (Å²) in [7, 11) is 4.62. The Bertz CT molecular complexity index is 1000. The van der Waals surface area contributed by atoms with Crippen LogP contribution in [-0.2, 0) is 4.79 Å². The summed E-state index contributed by atoms with van der Waals surface area (Å²) < 4.78 is 21.7. The van der Waals surface area contributed by atoms with Gasteiger partial charge in [0.05, 0.1) is 31.9 Å². The van der Waals surface area contributed by atoms with E-state index < -0.39 is 11.2 Å². The van der Waals surface area contributed by atoms with Crippen molar-refractivity contribution in [1.29, 1.82) is 0 Å². The molecule has 1 aromatic heterocycles. The molecule has 2 aromatic carbocycles. The summed E-state index contributed by atoms with van der Waals surface area (Å²) in [6.45, 7) is 1.68. The number of hydrogen-bond donors (Lipinski definition) is 1. The minimum absolute atomic E-state index is 0.186. The van der Waals surface area contributed by atoms with Gasteiger partial charge in [0, 0.05) is 36.0 Å². The molecule has 3 aromatic rings. The molecule has 30 heavy (non-hydrogen) atoms. The molecule has 1 atom stereocenters. The Kier molecular flexibility index (Phi) is 6.68. The fourth-order valence-electron chi connectivity index (χ4n) is 2.57. The maximum Gasteiger partial charge on any atom is 0.298 e. The van der Waals surface area contributed by atoms with Crippen LogP contribution in [-0.4, -0.2) is 37.8 Å². The number of nitrogens with zero attached hydrogens (tertiary/aromatic N) is 2. The van der Waals surface area contributed by atoms with E-state index in [-0.39, 0.29) is 10.9 Å². The lowest BCUT2D eigenvalue weighted by atomic mass is 10.2. The molecule has 0 saturated heterocycles. The van der Waals surface area contributed by atoms with Crippen LogP contribution in [0.4, 0.5) is 5.69 Å². The molecule has 1 unspecified atom stereocenters. The Hall–Kier alpha value is -3.40. The third-order valence-corrected chi connectivity index (χ3v) is 5.30. The number of rotatable bonds is 8. The lowest BCUT2D eigenvalue weighted by molar-refractivity contribution is -0.705. The van der Waals surface area contributed by atoms with Crippen LogP contribution >= 0.6 is 11.8 Å². The third-order valence-electron chi connectivity index (χ3n) is 4.17. The van der Waals surface area contributed by atoms with Crippen molar-refractivity contribution in [2.75, 3.05) is 26.6 Å². The number of carbonyl (C=O) groups excluding carboxylic acids is 1. The van der Waals surface area contributed by atoms with Gasteiger partial charge in [0.2, 0.25) is 11.6 Å². The van der Waals surface area contributed by atoms with E-state index in [1.807, 2.05) is 0 Å². The van der Waals surface area contributed by atoms with Gasteiger partial charge in [-0.05, 0) is 35.5 Å². The number of carbonyl (C=O) groups is 1. The van der Waals surface area contributed by atoms with E-state index in [2.05, 4.69) is 10.6 Å². The van der Waals surface area contributed by atoms with E-state index in [1.165, 1.54) is 18.9 Å². The van der Waals surface area contributed by atoms with Crippen LogP contribution in [0.2, 0.25) is 0 Å². The van der Waals surface area contributed by atoms with Crippen LogP contribution in [0.5, 0.6) is 23.2 Å². The summed E-state index contributed by atoms with van der Waals surface area (Å²) in [6.07, 6.45) is 0. The second-order valence-electron chi connectivity index (χ2n) is 6.13. The van der Waals surface area contributed by atoms with E-state index >= 15 is 0 Å². The molecule has 0 spiro atoms. The van der Waals surface area contributed by atoms with Gasteiger partial charge in [0.25, 0.3) is 5.03 Å². The molecule has 1 N–H and O–H groups in total. The molecule has 1 amide bonds. The Morgan fingerprint density at radius 1 is 1.07 bits per heavy atom. The third kappa shape index (κ3) is 4.77. The van der Waals surface area contributed by atoms with Gasteiger partial charge in [-0.25, -0.2) is 0 Å². The topological polar surface area (TPSA) is 110 Å². The molecule has 158 valence electrons. The lowest BCUT2D eigenvalue weighted by Crippen LogP contribution is -2.36. The molecule has 0 radical (unpaired) electrons. The van der Waals surface area contributed by atoms with Gasteiger partial charge in [-0.1, -0.05) is 0 Å². The second-order valence-corrected chi connectivity index (χ2v) is 7.46. The molecular formula is C20H21N3O6S. The van der Waals surface area contributed by atoms with Crippen molar-refractivity contribution >= 4 is 23.4 Å². The van der Waals surface area contributed by atoms with Crippen molar-refractivity contribution in [2.45, 2.75) is 17.2 Å². The van der Waals surface area contributed by atoms with Gasteiger partial charge in [0.1, 0.15) is 17.2 Å². The van der Waals surface area contributed by atoms with Gasteiger partial charge in [-0.15, -0.1) is 0 Å². The van der Waals surface area contributed by atoms with Gasteiger partial charge < -0.3 is 29.2 Å². The highest BCUT2D eigenvalue weighted by Crippen LogP contribution is 2.30. The quantitative estimate of drug-likeness (QED) is 0.427. The fraction of sp³-hybridized carbons (Fsp3) is 0.250. The molecule has 0 saturated carbocycles. The highest BCUT2D eigenvalue weighted by atomic mass is 32.2. The summed E-state index contributed by atoms with van der Waals surface area (Å²) in [5.41, 5.74) is 1.12. The number of thioether (sulfide) groups is 1. The predicted molar refractivity (Wildman–Crippen MR) is 108 cm³/mol. The first kappa shape index (κ1) is 21.3. The van der Waals surface area contributed by atoms with Crippen LogP contribution in [0.1, 0.15) is 6.92 Å². The van der Waals surface area contributed by atoms with Gasteiger partial charge in [-0.2, -0.15) is 0 Å². The number of aromatic nitrogens is 2. The first-order valence-corrected chi connectivity index (χ1v) is 9.77. The van der Waals surface area contributed by atoms with E-state index in [1.54, 1.807) is 56.5 Å². The van der Waals surface area contributed by atoms with Crippen molar-refractivity contribution in [2.24, 2.45) is 0 Å². The van der Waals surface area contributed by atoms with Gasteiger partial charge >= 0.3 is 0 Å². The predicted octanol–water partition coefficient (Wildman–Crippen LogP) is 2.17. The molecule has 0 fully saturated rings. The summed E-state index contributed by atoms with van der Waals surface area (Å²) in [5.74, 6) is 0.822. The molecule has 0 aliphatic carbocycles. The Morgan fingerprint density at radius 2 is 1.67 bits per heavy atom. The standard InChI is InChI=1S/C20H21N3O6S/c1-12(18(24)21-13-9-16(27-3)11-17(10-13)28-4)30-19-20(25)29-22-23(19)14-5-7-15(26-2)8-6-14/h5-12H,1-4H3,(H-,21,22,24,25). The summed E-state index contributed by atoms with van der Waals surface area (Å²) >= 11 is 1.04. The van der Waals surface area contributed by atoms with Gasteiger partial charge in [0.15, 0.2) is 5.95 Å². The number of ether oxygens (including phenoxy) is 3. The number of benzene rings is 2. The van der Waals surface area contributed by atoms with E-state index in [0.717, 1.165) is 11.8 Å². The Morgan fingerprint density at radius 3 is 2.23 bits per heavy atom. The van der Waals surface area contributed by atoms with Crippen molar-refractivity contribution in [3.8, 4) is 28.9 Å². The molecule has 0 bridgehead atoms. The number of amides is 1. The minimum Gasteiger partial charge on any atom is -0.538 e. The van der Waals surface area contributed by atoms with Crippen LogP contribution < -0.4 is 29.3 Å². The molecular weight excluding hydrogens is 410 g/mol. The molecule has 1 heterocycles. The zero-order valence-electron chi connectivity index (χ0n) is 16.9. The SMILES string of the molecule is COc1ccc(-[n+]2noc([O-])c2SC(C)C(=O)Nc2cc(OC)cc(OC)c2)cc1. The maximum atomic E-state index is 12.7. The zero-order valence-corrected chi connectivity index (χ0v) is 17.7. The minimum atomic E-state index is -0.626. The normalized spacial score (nSPS) is 11.6. The highest BCUT2D eigenvalue weighted by Gasteiger charge is 2.27. The average molecular weight is 431 g/mol. The first-order chi connectivity index (χ1) is 14.4. The zero-order chi connectivity index (χ0) is 21.7. The second kappa shape index (κ2) is 9.40. The van der Waals surface area contributed by atoms with Crippen molar-refractivity contribution in [3.05, 3.63) is 42.5 Å². The Labute approximate surface area is 177 Å². The highest BCUT2D eigenvalue weighted by molar-refractivity contribution is 8.00. The molecule has 0 aliphatic rings. The van der Waals surface area contributed by atoms with Crippen LogP contribution in [0.15, 0.2) is 52.0 Å². The van der Waals surface area contributed by atoms with Crippen LogP contribution in [0, 0.1) is 0 Å². The first-order valence-electron chi connectivity index (χ1n) is 8.89. The fourth-order valence-corrected chi connectivity index (χ4v) is 3.44. The van der Waals surface area contributed by atoms with Crippen molar-refractivity contribution < 1.29 is 33.3 Å². The Balaban J connectivity index is 1.76. The number of hydrogen-bond acceptors (Lipinski definition) is 8. The van der Waals surface area contributed by atoms with Crippen molar-refractivity contribution in [3.63, 3.8) is 0 Å². The summed E-state index contributed by atoms with van der Waals surface area (Å²) in [5, 5.41) is 18.3. The monoisotopic (exact) mass is 431 g/mol. The number of nitrogens with one attached hydrogen (secondary N) is 1. The van der Waals surface area contributed by atoms with E-state index in [4.69, 9.17) is 18.7 Å². The summed E-state index contributed by atoms with van der Waals surface area (Å²) in [4.78, 5) is 12.7. The largest absolute Gasteiger partial charge is 0.538 e. The van der Waals surface area contributed by atoms with Gasteiger partial charge in [-0.3, -0.25) is 4.79 Å². The number of anilines is 1.